The molecule has 1 fully saturated rings. The second-order valence-corrected chi connectivity index (χ2v) is 14.8. The molecule has 0 bridgehead atoms. The minimum atomic E-state index is -3.47. The molecular formula is C30H32N4O8S2. The second kappa shape index (κ2) is 11.7. The lowest BCUT2D eigenvalue weighted by molar-refractivity contribution is -0.170. The summed E-state index contributed by atoms with van der Waals surface area (Å²) in [5.74, 6) is -0.128. The fourth-order valence-corrected chi connectivity index (χ4v) is 6.36. The number of hydrogen-bond donors (Lipinski definition) is 1. The predicted molar refractivity (Wildman–Crippen MR) is 163 cm³/mol. The van der Waals surface area contributed by atoms with E-state index in [9.17, 15) is 18.0 Å². The average Bonchev–Trinajstić information content (AvgIpc) is 3.73. The van der Waals surface area contributed by atoms with Crippen molar-refractivity contribution < 1.29 is 37.0 Å². The number of rotatable bonds is 10. The number of amides is 1. The Kier molecular flexibility index (Phi) is 8.25. The zero-order valence-corrected chi connectivity index (χ0v) is 26.7. The summed E-state index contributed by atoms with van der Waals surface area (Å²) in [5.41, 5.74) is -1.43. The molecule has 232 valence electrons. The Balaban J connectivity index is 1.43. The average molecular weight is 641 g/mol. The van der Waals surface area contributed by atoms with Crippen LogP contribution in [-0.4, -0.2) is 58.8 Å². The van der Waals surface area contributed by atoms with E-state index in [0.29, 0.717) is 34.2 Å². The van der Waals surface area contributed by atoms with Gasteiger partial charge in [-0.25, -0.2) is 28.2 Å². The Hall–Kier alpha value is -4.30. The molecule has 0 unspecified atom stereocenters. The molecule has 4 aromatic rings. The van der Waals surface area contributed by atoms with Crippen molar-refractivity contribution in [2.45, 2.75) is 68.9 Å². The Morgan fingerprint density at radius 1 is 0.955 bits per heavy atom. The van der Waals surface area contributed by atoms with Crippen LogP contribution in [0.5, 0.6) is 23.1 Å². The first-order valence-electron chi connectivity index (χ1n) is 13.7. The van der Waals surface area contributed by atoms with Gasteiger partial charge in [0.25, 0.3) is 5.91 Å². The molecule has 3 aromatic heterocycles. The Labute approximate surface area is 258 Å². The first-order valence-corrected chi connectivity index (χ1v) is 16.1. The number of nitrogens with one attached hydrogen (secondary N) is 1. The number of carbonyl (C=O) groups excluding carboxylic acids is 2. The Morgan fingerprint density at radius 3 is 2.32 bits per heavy atom. The van der Waals surface area contributed by atoms with Gasteiger partial charge in [0.1, 0.15) is 33.2 Å². The number of hydrogen-bond acceptors (Lipinski definition) is 12. The normalized spacial score (nSPS) is 13.8. The highest BCUT2D eigenvalue weighted by molar-refractivity contribution is 7.92. The van der Waals surface area contributed by atoms with Crippen molar-refractivity contribution in [3.05, 3.63) is 54.2 Å². The van der Waals surface area contributed by atoms with Crippen LogP contribution in [0.2, 0.25) is 0 Å². The fourth-order valence-electron chi connectivity index (χ4n) is 3.98. The van der Waals surface area contributed by atoms with Crippen LogP contribution in [0, 0.1) is 0 Å². The van der Waals surface area contributed by atoms with E-state index in [-0.39, 0.29) is 27.8 Å². The summed E-state index contributed by atoms with van der Waals surface area (Å²) >= 11 is 1.17. The molecule has 0 spiro atoms. The van der Waals surface area contributed by atoms with Crippen molar-refractivity contribution in [3.8, 4) is 23.1 Å². The van der Waals surface area contributed by atoms with Crippen LogP contribution in [-0.2, 0) is 19.4 Å². The highest BCUT2D eigenvalue weighted by Crippen LogP contribution is 2.35. The van der Waals surface area contributed by atoms with Crippen LogP contribution in [0.4, 0.5) is 5.13 Å². The molecule has 44 heavy (non-hydrogen) atoms. The van der Waals surface area contributed by atoms with E-state index in [2.05, 4.69) is 20.3 Å². The summed E-state index contributed by atoms with van der Waals surface area (Å²) in [6, 6.07) is 10.7. The van der Waals surface area contributed by atoms with Crippen LogP contribution in [0.25, 0.3) is 10.3 Å². The van der Waals surface area contributed by atoms with Gasteiger partial charge in [-0.1, -0.05) is 11.3 Å². The molecule has 1 N–H and O–H groups in total. The maximum atomic E-state index is 13.4. The third-order valence-electron chi connectivity index (χ3n) is 6.26. The van der Waals surface area contributed by atoms with Gasteiger partial charge in [-0.15, -0.1) is 0 Å². The number of anilines is 1. The minimum absolute atomic E-state index is 0.0217. The van der Waals surface area contributed by atoms with Crippen molar-refractivity contribution in [2.75, 3.05) is 12.4 Å². The first-order chi connectivity index (χ1) is 20.6. The van der Waals surface area contributed by atoms with Crippen molar-refractivity contribution in [3.63, 3.8) is 0 Å². The maximum Gasteiger partial charge on any atom is 0.350 e. The molecule has 0 aliphatic heterocycles. The molecule has 0 radical (unpaired) electrons. The smallest absolute Gasteiger partial charge is 0.350 e. The SMILES string of the molecule is COc1ccc2nc(NC(=O)c3cc(Oc4ccc(S(=O)(=O)C5CC5)nc4)cc(OC(C)(C)C(=O)OC(C)(C)C)c3)sc2n1. The van der Waals surface area contributed by atoms with Gasteiger partial charge in [0.2, 0.25) is 5.88 Å². The van der Waals surface area contributed by atoms with Crippen molar-refractivity contribution in [1.29, 1.82) is 0 Å². The van der Waals surface area contributed by atoms with Gasteiger partial charge in [0.05, 0.1) is 18.6 Å². The molecule has 1 aliphatic carbocycles. The molecule has 0 saturated heterocycles. The second-order valence-electron chi connectivity index (χ2n) is 11.6. The number of esters is 1. The summed E-state index contributed by atoms with van der Waals surface area (Å²) in [5, 5.41) is 2.66. The Bertz CT molecular complexity index is 1830. The number of ether oxygens (including phenoxy) is 4. The number of benzene rings is 1. The zero-order chi connectivity index (χ0) is 31.9. The van der Waals surface area contributed by atoms with E-state index in [1.807, 2.05) is 0 Å². The van der Waals surface area contributed by atoms with E-state index >= 15 is 0 Å². The number of fused-ring (bicyclic) bond motifs is 1. The number of thiazole rings is 1. The van der Waals surface area contributed by atoms with E-state index in [4.69, 9.17) is 18.9 Å². The fraction of sp³-hybridized carbons (Fsp3) is 0.367. The molecule has 5 rings (SSSR count). The van der Waals surface area contributed by atoms with Gasteiger partial charge in [-0.2, -0.15) is 0 Å². The summed E-state index contributed by atoms with van der Waals surface area (Å²) in [6.07, 6.45) is 2.55. The van der Waals surface area contributed by atoms with Gasteiger partial charge in [0.15, 0.2) is 25.6 Å². The largest absolute Gasteiger partial charge is 0.481 e. The van der Waals surface area contributed by atoms with E-state index in [1.165, 1.54) is 55.0 Å². The van der Waals surface area contributed by atoms with Crippen LogP contribution < -0.4 is 19.5 Å². The molecule has 1 aliphatic rings. The predicted octanol–water partition coefficient (Wildman–Crippen LogP) is 5.57. The summed E-state index contributed by atoms with van der Waals surface area (Å²) in [4.78, 5) is 39.7. The van der Waals surface area contributed by atoms with Crippen LogP contribution in [0.15, 0.2) is 53.7 Å². The number of sulfone groups is 1. The molecule has 0 atom stereocenters. The van der Waals surface area contributed by atoms with E-state index < -0.39 is 38.2 Å². The van der Waals surface area contributed by atoms with Gasteiger partial charge in [-0.05, 0) is 77.8 Å². The number of methoxy groups -OCH3 is 1. The number of aromatic nitrogens is 3. The van der Waals surface area contributed by atoms with Gasteiger partial charge in [0, 0.05) is 17.7 Å². The number of pyridine rings is 2. The van der Waals surface area contributed by atoms with Crippen LogP contribution in [0.1, 0.15) is 57.8 Å². The standard InChI is InChI=1S/C30H32N4O8S2/c1-29(2,3)42-27(36)30(4,5)41-20-14-17(25(35)34-28-32-22-10-11-23(39-6)33-26(22)43-28)13-19(15-20)40-18-7-12-24(31-16-18)44(37,38)21-8-9-21/h7,10-16,21H,8-9H2,1-6H3,(H,32,34,35). The lowest BCUT2D eigenvalue weighted by Crippen LogP contribution is -2.43. The zero-order valence-electron chi connectivity index (χ0n) is 25.0. The van der Waals surface area contributed by atoms with Gasteiger partial charge in [-0.3, -0.25) is 10.1 Å². The molecule has 3 heterocycles. The highest BCUT2D eigenvalue weighted by Gasteiger charge is 2.38. The lowest BCUT2D eigenvalue weighted by atomic mass is 10.1. The Morgan fingerprint density at radius 2 is 1.68 bits per heavy atom. The number of carbonyl (C=O) groups is 2. The minimum Gasteiger partial charge on any atom is -0.481 e. The lowest BCUT2D eigenvalue weighted by Gasteiger charge is -2.29. The third kappa shape index (κ3) is 7.25. The molecule has 14 heteroatoms. The van der Waals surface area contributed by atoms with Crippen molar-refractivity contribution in [2.24, 2.45) is 0 Å². The monoisotopic (exact) mass is 640 g/mol. The molecule has 12 nitrogen and oxygen atoms in total. The first kappa shape index (κ1) is 31.1. The molecule has 1 aromatic carbocycles. The van der Waals surface area contributed by atoms with E-state index in [1.54, 1.807) is 46.8 Å². The van der Waals surface area contributed by atoms with Gasteiger partial charge < -0.3 is 18.9 Å². The highest BCUT2D eigenvalue weighted by atomic mass is 32.2. The van der Waals surface area contributed by atoms with Gasteiger partial charge >= 0.3 is 5.97 Å². The molecule has 1 saturated carbocycles. The van der Waals surface area contributed by atoms with Crippen molar-refractivity contribution in [1.82, 2.24) is 15.0 Å². The van der Waals surface area contributed by atoms with Crippen molar-refractivity contribution >= 4 is 48.5 Å². The number of nitrogens with zero attached hydrogens (tertiary/aromatic N) is 3. The topological polar surface area (TPSA) is 156 Å². The maximum absolute atomic E-state index is 13.4. The molecule has 1 amide bonds. The van der Waals surface area contributed by atoms with Crippen LogP contribution in [0.3, 0.4) is 0 Å². The van der Waals surface area contributed by atoms with Crippen LogP contribution >= 0.6 is 11.3 Å². The molecular weight excluding hydrogens is 608 g/mol. The summed E-state index contributed by atoms with van der Waals surface area (Å²) in [7, 11) is -1.95. The summed E-state index contributed by atoms with van der Waals surface area (Å²) in [6.45, 7) is 8.36. The van der Waals surface area contributed by atoms with E-state index in [0.717, 1.165) is 0 Å². The summed E-state index contributed by atoms with van der Waals surface area (Å²) < 4.78 is 47.7. The third-order valence-corrected chi connectivity index (χ3v) is 9.32. The quantitative estimate of drug-likeness (QED) is 0.216.